The van der Waals surface area contributed by atoms with Crippen LogP contribution in [-0.4, -0.2) is 51.6 Å². The zero-order valence-electron chi connectivity index (χ0n) is 27.5. The molecule has 2 aliphatic rings. The number of aliphatic hydroxyl groups excluding tert-OH is 2. The third-order valence-electron chi connectivity index (χ3n) is 9.06. The fraction of sp³-hybridized carbons (Fsp3) is 0.514. The van der Waals surface area contributed by atoms with Crippen molar-refractivity contribution in [3.63, 3.8) is 0 Å². The smallest absolute Gasteiger partial charge is 0.163 e. The number of nitrogens with two attached hydrogens (primary N) is 2. The molecule has 0 amide bonds. The molecule has 0 spiro atoms. The quantitative estimate of drug-likeness (QED) is 0.0940. The number of aliphatic imine (C=N–C) groups is 1. The van der Waals surface area contributed by atoms with Crippen LogP contribution in [0.5, 0.6) is 11.5 Å². The van der Waals surface area contributed by atoms with E-state index in [1.54, 1.807) is 12.1 Å². The number of phenolic OH excluding ortho intramolecular Hbond substituents is 1. The molecule has 0 aliphatic carbocycles. The van der Waals surface area contributed by atoms with Gasteiger partial charge in [-0.05, 0) is 65.6 Å². The van der Waals surface area contributed by atoms with E-state index < -0.39 is 12.3 Å². The summed E-state index contributed by atoms with van der Waals surface area (Å²) < 4.78 is 6.04. The van der Waals surface area contributed by atoms with E-state index in [4.69, 9.17) is 16.2 Å². The number of aromatic hydroxyl groups is 1. The van der Waals surface area contributed by atoms with Gasteiger partial charge in [0.2, 0.25) is 0 Å². The number of aliphatic hydroxyl groups is 2. The van der Waals surface area contributed by atoms with Crippen molar-refractivity contribution in [3.8, 4) is 11.5 Å². The van der Waals surface area contributed by atoms with Gasteiger partial charge < -0.3 is 36.4 Å². The van der Waals surface area contributed by atoms with Crippen molar-refractivity contribution in [1.82, 2.24) is 4.90 Å². The number of ether oxygens (including phenoxy) is 1. The molecule has 9 nitrogen and oxygen atoms in total. The Kier molecular flexibility index (Phi) is 13.4. The molecule has 0 bridgehead atoms. The number of benzene rings is 2. The SMILES string of the molecule is CCCCCC(O)C(CCCCC)C(=O)CCc1ccc(O)c(OCN2C=C3N=CC(Cc4cc(C(N)N)ccc4CO)=C3C2)c1. The van der Waals surface area contributed by atoms with E-state index in [0.717, 1.165) is 84.0 Å². The number of Topliss-reactive ketones (excluding diaryl/α,β-unsaturated/α-hetero) is 1. The zero-order chi connectivity index (χ0) is 33.1. The molecule has 0 radical (unpaired) electrons. The van der Waals surface area contributed by atoms with Crippen molar-refractivity contribution in [1.29, 1.82) is 0 Å². The molecule has 2 aliphatic heterocycles. The predicted molar refractivity (Wildman–Crippen MR) is 182 cm³/mol. The number of aryl methyl sites for hydroxylation is 1. The summed E-state index contributed by atoms with van der Waals surface area (Å²) in [5, 5.41) is 31.2. The highest BCUT2D eigenvalue weighted by molar-refractivity contribution is 5.87. The summed E-state index contributed by atoms with van der Waals surface area (Å²) in [5.74, 6) is 0.190. The number of rotatable bonds is 20. The van der Waals surface area contributed by atoms with Crippen LogP contribution in [0.2, 0.25) is 0 Å². The Morgan fingerprint density at radius 3 is 2.50 bits per heavy atom. The summed E-state index contributed by atoms with van der Waals surface area (Å²) in [4.78, 5) is 19.9. The molecule has 46 heavy (non-hydrogen) atoms. The van der Waals surface area contributed by atoms with Crippen LogP contribution in [0.1, 0.15) is 100 Å². The van der Waals surface area contributed by atoms with Crippen LogP contribution in [0, 0.1) is 5.92 Å². The standard InChI is InChI=1S/C37H52N4O5/c1-3-5-7-9-30(33(43)10-8-6-4-2)34(44)15-11-25-12-16-35(45)36(17-25)46-24-41-21-31-29(20-40-32(31)22-41)19-28-18-26(37(38)39)13-14-27(28)23-42/h12-14,16-18,20,22,30,33,37,42-43,45H,3-11,15,19,21,23-24,38-39H2,1-2H3. The van der Waals surface area contributed by atoms with E-state index >= 15 is 0 Å². The molecule has 2 heterocycles. The predicted octanol–water partition coefficient (Wildman–Crippen LogP) is 5.56. The Morgan fingerprint density at radius 1 is 1.02 bits per heavy atom. The molecule has 9 heteroatoms. The van der Waals surface area contributed by atoms with Gasteiger partial charge in [-0.1, -0.05) is 76.6 Å². The van der Waals surface area contributed by atoms with E-state index in [9.17, 15) is 20.1 Å². The third kappa shape index (κ3) is 9.51. The Labute approximate surface area is 273 Å². The first kappa shape index (κ1) is 35.4. The lowest BCUT2D eigenvalue weighted by Crippen LogP contribution is -2.28. The van der Waals surface area contributed by atoms with Gasteiger partial charge in [-0.2, -0.15) is 0 Å². The van der Waals surface area contributed by atoms with Gasteiger partial charge in [0.1, 0.15) is 5.78 Å². The molecule has 0 fully saturated rings. The number of nitrogens with zero attached hydrogens (tertiary/aromatic N) is 2. The molecule has 2 aromatic carbocycles. The maximum absolute atomic E-state index is 13.3. The summed E-state index contributed by atoms with van der Waals surface area (Å²) in [6.07, 6.45) is 11.7. The van der Waals surface area contributed by atoms with Crippen LogP contribution in [0.4, 0.5) is 0 Å². The van der Waals surface area contributed by atoms with Gasteiger partial charge in [0.25, 0.3) is 0 Å². The molecular formula is C37H52N4O5. The zero-order valence-corrected chi connectivity index (χ0v) is 27.5. The van der Waals surface area contributed by atoms with E-state index in [1.807, 2.05) is 41.6 Å². The third-order valence-corrected chi connectivity index (χ3v) is 9.06. The first-order chi connectivity index (χ1) is 22.2. The van der Waals surface area contributed by atoms with Gasteiger partial charge in [0.15, 0.2) is 18.2 Å². The van der Waals surface area contributed by atoms with E-state index in [1.165, 1.54) is 0 Å². The summed E-state index contributed by atoms with van der Waals surface area (Å²) in [6.45, 7) is 5.02. The highest BCUT2D eigenvalue weighted by atomic mass is 16.5. The minimum atomic E-state index is -0.591. The second kappa shape index (κ2) is 17.4. The minimum absolute atomic E-state index is 0.0401. The number of phenols is 1. The summed E-state index contributed by atoms with van der Waals surface area (Å²) in [7, 11) is 0. The van der Waals surface area contributed by atoms with Crippen molar-refractivity contribution in [3.05, 3.63) is 81.7 Å². The Hall–Kier alpha value is -3.50. The number of carbonyl (C=O) groups is 1. The number of fused-ring (bicyclic) bond motifs is 1. The number of ketones is 1. The molecule has 2 atom stereocenters. The lowest BCUT2D eigenvalue weighted by molar-refractivity contribution is -0.126. The highest BCUT2D eigenvalue weighted by Gasteiger charge is 2.27. The Morgan fingerprint density at radius 2 is 1.78 bits per heavy atom. The number of allylic oxidation sites excluding steroid dienone is 1. The van der Waals surface area contributed by atoms with Crippen molar-refractivity contribution in [2.24, 2.45) is 22.4 Å². The van der Waals surface area contributed by atoms with E-state index in [-0.39, 0.29) is 30.8 Å². The maximum Gasteiger partial charge on any atom is 0.163 e. The van der Waals surface area contributed by atoms with Crippen LogP contribution in [0.25, 0.3) is 0 Å². The molecule has 0 saturated heterocycles. The second-order valence-corrected chi connectivity index (χ2v) is 12.6. The van der Waals surface area contributed by atoms with E-state index in [0.29, 0.717) is 38.0 Å². The van der Waals surface area contributed by atoms with E-state index in [2.05, 4.69) is 18.8 Å². The monoisotopic (exact) mass is 632 g/mol. The Balaban J connectivity index is 1.35. The van der Waals surface area contributed by atoms with Crippen LogP contribution < -0.4 is 16.2 Å². The molecule has 2 unspecified atom stereocenters. The number of hydrogen-bond donors (Lipinski definition) is 5. The molecular weight excluding hydrogens is 580 g/mol. The van der Waals surface area contributed by atoms with Crippen molar-refractivity contribution in [2.45, 2.75) is 103 Å². The average molecular weight is 633 g/mol. The topological polar surface area (TPSA) is 155 Å². The molecule has 4 rings (SSSR count). The highest BCUT2D eigenvalue weighted by Crippen LogP contribution is 2.33. The van der Waals surface area contributed by atoms with Gasteiger partial charge in [0.05, 0.1) is 24.6 Å². The second-order valence-electron chi connectivity index (χ2n) is 12.6. The largest absolute Gasteiger partial charge is 0.504 e. The van der Waals surface area contributed by atoms with Crippen molar-refractivity contribution in [2.75, 3.05) is 13.3 Å². The van der Waals surface area contributed by atoms with Crippen LogP contribution in [0.15, 0.2) is 64.4 Å². The molecule has 2 aromatic rings. The fourth-order valence-corrected chi connectivity index (χ4v) is 6.22. The van der Waals surface area contributed by atoms with Gasteiger partial charge in [-0.3, -0.25) is 9.79 Å². The minimum Gasteiger partial charge on any atom is -0.504 e. The first-order valence-corrected chi connectivity index (χ1v) is 16.9. The summed E-state index contributed by atoms with van der Waals surface area (Å²) in [6, 6.07) is 10.9. The summed E-state index contributed by atoms with van der Waals surface area (Å²) in [5.41, 5.74) is 18.3. The molecule has 0 saturated carbocycles. The Bertz CT molecular complexity index is 1420. The van der Waals surface area contributed by atoms with Crippen LogP contribution in [-0.2, 0) is 24.2 Å². The molecule has 7 N–H and O–H groups in total. The number of unbranched alkanes of at least 4 members (excludes halogenated alkanes) is 4. The van der Waals surface area contributed by atoms with Crippen molar-refractivity contribution < 1.29 is 24.9 Å². The first-order valence-electron chi connectivity index (χ1n) is 16.9. The average Bonchev–Trinajstić information content (AvgIpc) is 3.63. The van der Waals surface area contributed by atoms with Gasteiger partial charge in [0, 0.05) is 36.9 Å². The lowest BCUT2D eigenvalue weighted by atomic mass is 9.86. The van der Waals surface area contributed by atoms with Gasteiger partial charge in [-0.15, -0.1) is 0 Å². The van der Waals surface area contributed by atoms with Gasteiger partial charge >= 0.3 is 0 Å². The maximum atomic E-state index is 13.3. The lowest BCUT2D eigenvalue weighted by Gasteiger charge is -2.22. The normalized spacial score (nSPS) is 15.5. The van der Waals surface area contributed by atoms with Crippen LogP contribution >= 0.6 is 0 Å². The van der Waals surface area contributed by atoms with Crippen LogP contribution in [0.3, 0.4) is 0 Å². The summed E-state index contributed by atoms with van der Waals surface area (Å²) >= 11 is 0. The number of hydrogen-bond acceptors (Lipinski definition) is 9. The molecule has 250 valence electrons. The number of carbonyl (C=O) groups excluding carboxylic acids is 1. The fourth-order valence-electron chi connectivity index (χ4n) is 6.22. The van der Waals surface area contributed by atoms with Gasteiger partial charge in [-0.25, -0.2) is 0 Å². The van der Waals surface area contributed by atoms with Crippen molar-refractivity contribution >= 4 is 12.0 Å². The molecule has 0 aromatic heterocycles.